The van der Waals surface area contributed by atoms with Crippen molar-refractivity contribution in [1.82, 2.24) is 0 Å². The highest BCUT2D eigenvalue weighted by molar-refractivity contribution is 7.70. The minimum atomic E-state index is -0.796. The number of hydrogen-bond donors (Lipinski definition) is 0. The Balaban J connectivity index is 3.89. The first kappa shape index (κ1) is 20.2. The van der Waals surface area contributed by atoms with E-state index in [0.717, 1.165) is 16.6 Å². The smallest absolute Gasteiger partial charge is 0.0952 e. The molecule has 0 unspecified atom stereocenters. The van der Waals surface area contributed by atoms with E-state index in [1.165, 1.54) is 14.2 Å². The standard InChI is InChI=1S/C8H6B14/c1-3-4(2)6(21(14)22(15)16)8(20(13)18-10)7(19(11)12)5(3)17-9/h1-2H3. The van der Waals surface area contributed by atoms with E-state index in [1.807, 2.05) is 13.8 Å². The van der Waals surface area contributed by atoms with E-state index in [2.05, 4.69) is 0 Å². The number of rotatable bonds is 6. The Morgan fingerprint density at radius 1 is 0.773 bits per heavy atom. The van der Waals surface area contributed by atoms with Crippen molar-refractivity contribution < 1.29 is 0 Å². The molecule has 0 nitrogen and oxygen atoms in total. The molecule has 80 valence electrons. The molecule has 0 aromatic heterocycles. The summed E-state index contributed by atoms with van der Waals surface area (Å²) in [6.07, 6.45) is -0.767. The molecule has 1 aromatic carbocycles. The monoisotopic (exact) mass is 256 g/mol. The van der Waals surface area contributed by atoms with Gasteiger partial charge in [-0.15, -0.1) is 21.9 Å². The second kappa shape index (κ2) is 8.29. The molecule has 0 N–H and O–H groups in total. The van der Waals surface area contributed by atoms with Gasteiger partial charge in [0.1, 0.15) is 0 Å². The second-order valence-corrected chi connectivity index (χ2v) is 5.42. The third-order valence-corrected chi connectivity index (χ3v) is 4.03. The van der Waals surface area contributed by atoms with Crippen LogP contribution < -0.4 is 21.9 Å². The van der Waals surface area contributed by atoms with E-state index in [4.69, 9.17) is 61.9 Å². The average molecular weight is 254 g/mol. The number of hydrogen-bond acceptors (Lipinski definition) is 0. The molecule has 0 fully saturated rings. The fraction of sp³-hybridized carbons (Fsp3) is 0.250. The van der Waals surface area contributed by atoms with Gasteiger partial charge in [-0.2, -0.15) is 0 Å². The van der Waals surface area contributed by atoms with Crippen LogP contribution >= 0.6 is 0 Å². The molecule has 14 heteroatoms. The summed E-state index contributed by atoms with van der Waals surface area (Å²) in [5.41, 5.74) is 4.46. The number of benzene rings is 1. The fourth-order valence-corrected chi connectivity index (χ4v) is 2.75. The molecule has 22 heavy (non-hydrogen) atoms. The van der Waals surface area contributed by atoms with Gasteiger partial charge in [-0.3, -0.25) is 0 Å². The van der Waals surface area contributed by atoms with E-state index in [-0.39, 0.29) is 0 Å². The molecule has 0 heterocycles. The first-order valence-electron chi connectivity index (χ1n) is 6.99. The molecule has 0 spiro atoms. The quantitative estimate of drug-likeness (QED) is 0.443. The van der Waals surface area contributed by atoms with Gasteiger partial charge < -0.3 is 0 Å². The lowest BCUT2D eigenvalue weighted by atomic mass is 8.85. The van der Waals surface area contributed by atoms with Crippen LogP contribution in [0.2, 0.25) is 0 Å². The van der Waals surface area contributed by atoms with E-state index < -0.39 is 25.9 Å². The largest absolute Gasteiger partial charge is 0.113 e. The van der Waals surface area contributed by atoms with Crippen molar-refractivity contribution in [2.24, 2.45) is 0 Å². The Morgan fingerprint density at radius 2 is 1.32 bits per heavy atom. The minimum Gasteiger partial charge on any atom is -0.113 e. The Bertz CT molecular complexity index is 526. The zero-order valence-electron chi connectivity index (χ0n) is 13.1. The van der Waals surface area contributed by atoms with Crippen molar-refractivity contribution in [3.05, 3.63) is 11.1 Å². The molecule has 0 saturated carbocycles. The summed E-state index contributed by atoms with van der Waals surface area (Å²) in [5, 5.41) is 0. The molecule has 0 bridgehead atoms. The molecule has 0 atom stereocenters. The van der Waals surface area contributed by atoms with Crippen LogP contribution in [0.1, 0.15) is 11.1 Å². The van der Waals surface area contributed by atoms with Gasteiger partial charge in [-0.05, 0) is 13.8 Å². The SMILES string of the molecule is [B][B]B([B])c1c(B([B])B([B])[B])c(C)c(C)c([B][B])c1B([B])[B]. The summed E-state index contributed by atoms with van der Waals surface area (Å²) in [7, 11) is 49.9. The zero-order valence-corrected chi connectivity index (χ0v) is 13.1. The topological polar surface area (TPSA) is 0 Å². The predicted octanol–water partition coefficient (Wildman–Crippen LogP) is -6.33. The molecule has 0 aliphatic heterocycles. The Hall–Kier alpha value is 0.129. The third kappa shape index (κ3) is 3.78. The van der Waals surface area contributed by atoms with Gasteiger partial charge in [0.15, 0.2) is 0 Å². The van der Waals surface area contributed by atoms with Crippen molar-refractivity contribution in [2.75, 3.05) is 0 Å². The maximum absolute atomic E-state index is 6.18. The molecule has 0 aliphatic carbocycles. The van der Waals surface area contributed by atoms with Crippen LogP contribution in [0.4, 0.5) is 0 Å². The summed E-state index contributed by atoms with van der Waals surface area (Å²) in [5.74, 6) is 0. The van der Waals surface area contributed by atoms with Crippen molar-refractivity contribution in [1.29, 1.82) is 0 Å². The van der Waals surface area contributed by atoms with Crippen molar-refractivity contribution >= 4 is 124 Å². The zero-order chi connectivity index (χ0) is 17.2. The summed E-state index contributed by atoms with van der Waals surface area (Å²) in [6.45, 7) is 1.75. The lowest BCUT2D eigenvalue weighted by Gasteiger charge is -2.32. The van der Waals surface area contributed by atoms with Gasteiger partial charge in [0.2, 0.25) is 0 Å². The van der Waals surface area contributed by atoms with E-state index >= 15 is 0 Å². The van der Waals surface area contributed by atoms with Crippen LogP contribution in [0, 0.1) is 13.8 Å². The molecular weight excluding hydrogens is 247 g/mol. The lowest BCUT2D eigenvalue weighted by Crippen LogP contribution is -2.70. The van der Waals surface area contributed by atoms with Crippen LogP contribution in [0.15, 0.2) is 0 Å². The van der Waals surface area contributed by atoms with Gasteiger partial charge in [0, 0.05) is 75.3 Å². The molecule has 18 radical (unpaired) electrons. The lowest BCUT2D eigenvalue weighted by molar-refractivity contribution is 1.41. The predicted molar refractivity (Wildman–Crippen MR) is 115 cm³/mol. The first-order chi connectivity index (χ1) is 10.2. The first-order valence-corrected chi connectivity index (χ1v) is 6.99. The molecule has 0 aliphatic rings. The van der Waals surface area contributed by atoms with E-state index in [1.54, 1.807) is 0 Å². The molecular formula is C8H6B14. The van der Waals surface area contributed by atoms with Gasteiger partial charge in [0.05, 0.1) is 26.7 Å². The van der Waals surface area contributed by atoms with E-state index in [9.17, 15) is 0 Å². The summed E-state index contributed by atoms with van der Waals surface area (Å²) in [4.78, 5) is 0. The second-order valence-electron chi connectivity index (χ2n) is 5.42. The van der Waals surface area contributed by atoms with Gasteiger partial charge in [-0.1, -0.05) is 11.1 Å². The fourth-order valence-electron chi connectivity index (χ4n) is 2.75. The Labute approximate surface area is 148 Å². The Morgan fingerprint density at radius 3 is 1.68 bits per heavy atom. The van der Waals surface area contributed by atoms with Crippen LogP contribution in [0.25, 0.3) is 0 Å². The maximum Gasteiger partial charge on any atom is 0.0952 e. The molecule has 0 saturated heterocycles. The highest BCUT2D eigenvalue weighted by atomic mass is 14.1. The van der Waals surface area contributed by atoms with E-state index in [0.29, 0.717) is 16.4 Å². The molecule has 0 amide bonds. The average Bonchev–Trinajstić information content (AvgIpc) is 2.47. The highest BCUT2D eigenvalue weighted by Gasteiger charge is 2.27. The summed E-state index contributed by atoms with van der Waals surface area (Å²) in [6, 6.07) is 0. The van der Waals surface area contributed by atoms with Gasteiger partial charge >= 0.3 is 0 Å². The van der Waals surface area contributed by atoms with Crippen LogP contribution in [0.5, 0.6) is 0 Å². The highest BCUT2D eigenvalue weighted by Crippen LogP contribution is 2.01. The maximum atomic E-state index is 6.18. The van der Waals surface area contributed by atoms with Crippen LogP contribution in [-0.2, 0) is 0 Å². The van der Waals surface area contributed by atoms with Crippen molar-refractivity contribution in [2.45, 2.75) is 13.8 Å². The van der Waals surface area contributed by atoms with Crippen molar-refractivity contribution in [3.63, 3.8) is 0 Å². The Kier molecular flexibility index (Phi) is 7.61. The normalized spacial score (nSPS) is 9.91. The van der Waals surface area contributed by atoms with Crippen LogP contribution in [0.3, 0.4) is 0 Å². The molecule has 1 aromatic rings. The third-order valence-electron chi connectivity index (χ3n) is 4.03. The van der Waals surface area contributed by atoms with Crippen LogP contribution in [-0.4, -0.2) is 102 Å². The summed E-state index contributed by atoms with van der Waals surface area (Å²) >= 11 is 0. The minimum absolute atomic E-state index is 0.603. The van der Waals surface area contributed by atoms with Gasteiger partial charge in [-0.25, -0.2) is 0 Å². The van der Waals surface area contributed by atoms with Crippen molar-refractivity contribution in [3.8, 4) is 0 Å². The molecule has 1 rings (SSSR count). The van der Waals surface area contributed by atoms with Gasteiger partial charge in [0.25, 0.3) is 0 Å². The summed E-state index contributed by atoms with van der Waals surface area (Å²) < 4.78 is 0.